The molecule has 5 N–H and O–H groups in total. The van der Waals surface area contributed by atoms with E-state index in [1.54, 1.807) is 17.6 Å². The highest BCUT2D eigenvalue weighted by Crippen LogP contribution is 2.47. The molecule has 2 fully saturated rings. The van der Waals surface area contributed by atoms with Gasteiger partial charge in [-0.05, 0) is 80.7 Å². The van der Waals surface area contributed by atoms with Gasteiger partial charge in [-0.2, -0.15) is 0 Å². The van der Waals surface area contributed by atoms with Gasteiger partial charge in [-0.15, -0.1) is 5.10 Å². The molecule has 1 amide bonds. The molecule has 184 valence electrons. The summed E-state index contributed by atoms with van der Waals surface area (Å²) in [6, 6.07) is 6.06. The van der Waals surface area contributed by atoms with Crippen LogP contribution in [0.4, 0.5) is 5.82 Å². The topological polar surface area (TPSA) is 129 Å². The molecule has 2 aromatic heterocycles. The highest BCUT2D eigenvalue weighted by molar-refractivity contribution is 6.01. The Bertz CT molecular complexity index is 1310. The van der Waals surface area contributed by atoms with E-state index in [0.29, 0.717) is 29.6 Å². The van der Waals surface area contributed by atoms with E-state index in [2.05, 4.69) is 34.4 Å². The van der Waals surface area contributed by atoms with E-state index in [0.717, 1.165) is 40.8 Å². The van der Waals surface area contributed by atoms with Crippen molar-refractivity contribution in [2.24, 2.45) is 5.92 Å². The lowest BCUT2D eigenvalue weighted by Crippen LogP contribution is -2.34. The van der Waals surface area contributed by atoms with Gasteiger partial charge in [0.2, 0.25) is 0 Å². The minimum absolute atomic E-state index is 0.122. The number of carbonyl (C=O) groups excluding carboxylic acids is 1. The fourth-order valence-electron chi connectivity index (χ4n) is 5.33. The van der Waals surface area contributed by atoms with Gasteiger partial charge in [0.15, 0.2) is 11.5 Å². The molecule has 0 spiro atoms. The molecule has 0 saturated heterocycles. The zero-order chi connectivity index (χ0) is 24.4. The summed E-state index contributed by atoms with van der Waals surface area (Å²) in [6.45, 7) is 4.47. The largest absolute Gasteiger partial charge is 0.395 e. The minimum atomic E-state index is -1.12. The van der Waals surface area contributed by atoms with Crippen molar-refractivity contribution >= 4 is 17.4 Å². The quantitative estimate of drug-likeness (QED) is 0.368. The Morgan fingerprint density at radius 2 is 2.00 bits per heavy atom. The van der Waals surface area contributed by atoms with E-state index in [1.807, 2.05) is 6.07 Å². The highest BCUT2D eigenvalue weighted by Gasteiger charge is 2.41. The van der Waals surface area contributed by atoms with Crippen molar-refractivity contribution in [1.29, 1.82) is 0 Å². The van der Waals surface area contributed by atoms with Gasteiger partial charge in [0.1, 0.15) is 6.23 Å². The van der Waals surface area contributed by atoms with Gasteiger partial charge in [0.25, 0.3) is 5.91 Å². The molecule has 9 heteroatoms. The second-order valence-corrected chi connectivity index (χ2v) is 10.4. The molecule has 0 bridgehead atoms. The van der Waals surface area contributed by atoms with Crippen LogP contribution >= 0.6 is 0 Å². The lowest BCUT2D eigenvalue weighted by Gasteiger charge is -2.24. The number of hydrogen-bond donors (Lipinski definition) is 4. The predicted octanol–water partition coefficient (Wildman–Crippen LogP) is 2.57. The van der Waals surface area contributed by atoms with Crippen LogP contribution in [-0.2, 0) is 6.54 Å². The number of nitrogens with one attached hydrogen (secondary N) is 1. The Kier molecular flexibility index (Phi) is 5.32. The molecular formula is C26H32N6O3. The highest BCUT2D eigenvalue weighted by atomic mass is 16.3. The molecule has 1 aromatic carbocycles. The van der Waals surface area contributed by atoms with Crippen LogP contribution in [0.25, 0.3) is 16.9 Å². The number of nitrogens with zero attached hydrogens (tertiary/aromatic N) is 4. The number of nitrogen functional groups attached to an aromatic ring is 1. The van der Waals surface area contributed by atoms with Gasteiger partial charge < -0.3 is 20.8 Å². The summed E-state index contributed by atoms with van der Waals surface area (Å²) in [5.74, 6) is 1.41. The van der Waals surface area contributed by atoms with E-state index in [4.69, 9.17) is 10.7 Å². The van der Waals surface area contributed by atoms with Gasteiger partial charge in [0.05, 0.1) is 17.9 Å². The fraction of sp³-hybridized carbons (Fsp3) is 0.500. The number of aliphatic hydroxyl groups is 2. The van der Waals surface area contributed by atoms with E-state index in [-0.39, 0.29) is 30.4 Å². The number of aromatic nitrogens is 3. The number of benzene rings is 1. The van der Waals surface area contributed by atoms with Gasteiger partial charge in [-0.1, -0.05) is 0 Å². The van der Waals surface area contributed by atoms with Crippen LogP contribution < -0.4 is 11.1 Å². The molecule has 6 rings (SSSR count). The second kappa shape index (κ2) is 8.29. The summed E-state index contributed by atoms with van der Waals surface area (Å²) in [4.78, 5) is 20.3. The third-order valence-electron chi connectivity index (χ3n) is 7.71. The molecule has 3 heterocycles. The maximum Gasteiger partial charge on any atom is 0.255 e. The molecule has 9 nitrogen and oxygen atoms in total. The Morgan fingerprint density at radius 3 is 2.69 bits per heavy atom. The van der Waals surface area contributed by atoms with Crippen LogP contribution in [0.3, 0.4) is 0 Å². The number of aliphatic hydroxyl groups excluding tert-OH is 2. The average molecular weight is 477 g/mol. The lowest BCUT2D eigenvalue weighted by molar-refractivity contribution is 0.0696. The SMILES string of the molecule is C[C@H](CO)NC(O)c1c(N)nn2ccc(-c3cc4c(c(C5CC5)c3)C(=O)N([C@@H](C)C3CC3)C4)nc12. The molecule has 3 atom stereocenters. The van der Waals surface area contributed by atoms with Gasteiger partial charge in [-0.3, -0.25) is 10.1 Å². The number of fused-ring (bicyclic) bond motifs is 2. The van der Waals surface area contributed by atoms with Crippen LogP contribution in [-0.4, -0.2) is 54.3 Å². The van der Waals surface area contributed by atoms with E-state index in [9.17, 15) is 15.0 Å². The van der Waals surface area contributed by atoms with Crippen molar-refractivity contribution in [2.75, 3.05) is 12.3 Å². The predicted molar refractivity (Wildman–Crippen MR) is 132 cm³/mol. The van der Waals surface area contributed by atoms with Crippen molar-refractivity contribution in [3.8, 4) is 11.3 Å². The molecular weight excluding hydrogens is 444 g/mol. The monoisotopic (exact) mass is 476 g/mol. The smallest absolute Gasteiger partial charge is 0.255 e. The maximum absolute atomic E-state index is 13.4. The number of nitrogens with two attached hydrogens (primary N) is 1. The summed E-state index contributed by atoms with van der Waals surface area (Å²) < 4.78 is 1.56. The first-order chi connectivity index (χ1) is 16.9. The molecule has 1 unspecified atom stereocenters. The number of amides is 1. The van der Waals surface area contributed by atoms with E-state index < -0.39 is 6.23 Å². The first-order valence-corrected chi connectivity index (χ1v) is 12.5. The van der Waals surface area contributed by atoms with Crippen molar-refractivity contribution in [3.05, 3.63) is 46.6 Å². The van der Waals surface area contributed by atoms with Crippen molar-refractivity contribution < 1.29 is 15.0 Å². The summed E-state index contributed by atoms with van der Waals surface area (Å²) in [5.41, 5.74) is 11.8. The summed E-state index contributed by atoms with van der Waals surface area (Å²) >= 11 is 0. The van der Waals surface area contributed by atoms with Gasteiger partial charge >= 0.3 is 0 Å². The molecule has 0 radical (unpaired) electrons. The van der Waals surface area contributed by atoms with Gasteiger partial charge in [0, 0.05) is 36.0 Å². The van der Waals surface area contributed by atoms with Gasteiger partial charge in [-0.25, -0.2) is 9.50 Å². The van der Waals surface area contributed by atoms with Crippen molar-refractivity contribution in [3.63, 3.8) is 0 Å². The van der Waals surface area contributed by atoms with E-state index in [1.165, 1.54) is 12.8 Å². The van der Waals surface area contributed by atoms with Crippen LogP contribution in [0.5, 0.6) is 0 Å². The summed E-state index contributed by atoms with van der Waals surface area (Å²) in [7, 11) is 0. The van der Waals surface area contributed by atoms with E-state index >= 15 is 0 Å². The van der Waals surface area contributed by atoms with Crippen molar-refractivity contribution in [1.82, 2.24) is 24.8 Å². The Hall–Kier alpha value is -3.01. The first-order valence-electron chi connectivity index (χ1n) is 12.5. The summed E-state index contributed by atoms with van der Waals surface area (Å²) in [6.07, 6.45) is 5.31. The third-order valence-corrected chi connectivity index (χ3v) is 7.71. The Labute approximate surface area is 204 Å². The molecule has 3 aliphatic rings. The number of hydrogen-bond acceptors (Lipinski definition) is 7. The van der Waals surface area contributed by atoms with Crippen LogP contribution in [0.2, 0.25) is 0 Å². The Morgan fingerprint density at radius 1 is 1.23 bits per heavy atom. The number of anilines is 1. The third kappa shape index (κ3) is 3.87. The van der Waals surface area contributed by atoms with Crippen LogP contribution in [0, 0.1) is 5.92 Å². The van der Waals surface area contributed by atoms with Crippen molar-refractivity contribution in [2.45, 2.75) is 70.3 Å². The molecule has 1 aliphatic heterocycles. The summed E-state index contributed by atoms with van der Waals surface area (Å²) in [5, 5.41) is 27.3. The average Bonchev–Trinajstić information content (AvgIpc) is 3.76. The zero-order valence-electron chi connectivity index (χ0n) is 20.1. The number of rotatable bonds is 8. The fourth-order valence-corrected chi connectivity index (χ4v) is 5.33. The van der Waals surface area contributed by atoms with Crippen LogP contribution in [0.1, 0.15) is 78.7 Å². The molecule has 2 aliphatic carbocycles. The Balaban J connectivity index is 1.40. The lowest BCUT2D eigenvalue weighted by atomic mass is 9.95. The molecule has 35 heavy (non-hydrogen) atoms. The molecule has 2 saturated carbocycles. The first kappa shape index (κ1) is 22.5. The number of carbonyl (C=O) groups is 1. The minimum Gasteiger partial charge on any atom is -0.395 e. The normalized spacial score (nSPS) is 20.3. The maximum atomic E-state index is 13.4. The zero-order valence-corrected chi connectivity index (χ0v) is 20.1. The molecule has 3 aromatic rings. The standard InChI is InChI=1S/C26H32N6O3/c1-13(12-33)28-25(34)22-23(27)30-32-8-7-20(29-24(22)32)17-9-18-11-31(14(2)15-3-4-15)26(35)21(18)19(10-17)16-5-6-16/h7-10,13-16,25,28,33-34H,3-6,11-12H2,1-2H3,(H2,27,30)/t13-,14+,25?/m1/s1. The van der Waals surface area contributed by atoms with Crippen LogP contribution in [0.15, 0.2) is 24.4 Å². The second-order valence-electron chi connectivity index (χ2n) is 10.4.